The van der Waals surface area contributed by atoms with E-state index in [0.717, 1.165) is 19.4 Å². The number of carbonyl (C=O) groups is 2. The van der Waals surface area contributed by atoms with Gasteiger partial charge in [-0.15, -0.1) is 0 Å². The van der Waals surface area contributed by atoms with Gasteiger partial charge in [0.1, 0.15) is 6.04 Å². The van der Waals surface area contributed by atoms with Crippen molar-refractivity contribution in [3.63, 3.8) is 0 Å². The molecule has 0 aliphatic rings. The summed E-state index contributed by atoms with van der Waals surface area (Å²) < 4.78 is 4.70. The molecule has 0 saturated heterocycles. The van der Waals surface area contributed by atoms with Gasteiger partial charge in [0.05, 0.1) is 7.11 Å². The summed E-state index contributed by atoms with van der Waals surface area (Å²) in [6, 6.07) is -0.535. The molecule has 0 bridgehead atoms. The molecule has 2 N–H and O–H groups in total. The Hall–Kier alpha value is -1.10. The van der Waals surface area contributed by atoms with Crippen LogP contribution in [-0.2, 0) is 14.3 Å². The Kier molecular flexibility index (Phi) is 8.40. The summed E-state index contributed by atoms with van der Waals surface area (Å²) >= 11 is 0. The topological polar surface area (TPSA) is 67.4 Å². The lowest BCUT2D eigenvalue weighted by Gasteiger charge is -2.21. The minimum absolute atomic E-state index is 0.0794. The highest BCUT2D eigenvalue weighted by Crippen LogP contribution is 2.09. The Morgan fingerprint density at radius 1 is 1.35 bits per heavy atom. The first-order valence-electron chi connectivity index (χ1n) is 6.08. The highest BCUT2D eigenvalue weighted by Gasteiger charge is 2.26. The number of esters is 1. The summed E-state index contributed by atoms with van der Waals surface area (Å²) in [6.07, 6.45) is 2.00. The average molecular weight is 244 g/mol. The Morgan fingerprint density at radius 2 is 2.00 bits per heavy atom. The summed E-state index contributed by atoms with van der Waals surface area (Å²) in [5.74, 6) is -0.395. The van der Waals surface area contributed by atoms with Gasteiger partial charge < -0.3 is 15.4 Å². The Balaban J connectivity index is 4.23. The maximum absolute atomic E-state index is 11.6. The number of rotatable bonds is 8. The largest absolute Gasteiger partial charge is 0.467 e. The van der Waals surface area contributed by atoms with E-state index >= 15 is 0 Å². The zero-order chi connectivity index (χ0) is 13.3. The van der Waals surface area contributed by atoms with Gasteiger partial charge in [0, 0.05) is 6.42 Å². The molecule has 0 saturated carbocycles. The maximum atomic E-state index is 11.6. The van der Waals surface area contributed by atoms with Crippen molar-refractivity contribution in [1.82, 2.24) is 10.6 Å². The van der Waals surface area contributed by atoms with E-state index < -0.39 is 6.04 Å². The first-order valence-corrected chi connectivity index (χ1v) is 6.08. The van der Waals surface area contributed by atoms with Crippen LogP contribution in [0, 0.1) is 5.92 Å². The van der Waals surface area contributed by atoms with Crippen LogP contribution in [0.25, 0.3) is 0 Å². The van der Waals surface area contributed by atoms with Gasteiger partial charge in [-0.05, 0) is 25.9 Å². The Morgan fingerprint density at radius 3 is 2.47 bits per heavy atom. The quantitative estimate of drug-likeness (QED) is 0.487. The van der Waals surface area contributed by atoms with E-state index in [1.54, 1.807) is 0 Å². The number of hydrogen-bond donors (Lipinski definition) is 2. The van der Waals surface area contributed by atoms with Crippen LogP contribution in [0.2, 0.25) is 0 Å². The van der Waals surface area contributed by atoms with Gasteiger partial charge in [-0.25, -0.2) is 4.79 Å². The molecule has 0 aliphatic heterocycles. The molecular weight excluding hydrogens is 220 g/mol. The molecule has 0 aliphatic carbocycles. The molecule has 0 heterocycles. The third-order valence-corrected chi connectivity index (χ3v) is 2.82. The van der Waals surface area contributed by atoms with Crippen molar-refractivity contribution in [3.05, 3.63) is 0 Å². The van der Waals surface area contributed by atoms with Crippen molar-refractivity contribution >= 4 is 11.9 Å². The number of carbonyl (C=O) groups excluding carboxylic acids is 2. The Bertz CT molecular complexity index is 244. The number of ether oxygens (including phenoxy) is 1. The van der Waals surface area contributed by atoms with Crippen LogP contribution < -0.4 is 10.6 Å². The molecule has 0 unspecified atom stereocenters. The van der Waals surface area contributed by atoms with Crippen molar-refractivity contribution in [1.29, 1.82) is 0 Å². The minimum atomic E-state index is -0.535. The SMILES string of the molecule is CC[C@H](C)[C@H](NC(=O)CCCNC)C(=O)OC. The fourth-order valence-electron chi connectivity index (χ4n) is 1.47. The van der Waals surface area contributed by atoms with Gasteiger partial charge in [0.2, 0.25) is 5.91 Å². The van der Waals surface area contributed by atoms with Crippen LogP contribution in [-0.4, -0.2) is 38.6 Å². The number of nitrogens with one attached hydrogen (secondary N) is 2. The number of hydrogen-bond acceptors (Lipinski definition) is 4. The highest BCUT2D eigenvalue weighted by atomic mass is 16.5. The minimum Gasteiger partial charge on any atom is -0.467 e. The van der Waals surface area contributed by atoms with Crippen LogP contribution in [0.4, 0.5) is 0 Å². The average Bonchev–Trinajstić information content (AvgIpc) is 2.34. The van der Waals surface area contributed by atoms with Crippen molar-refractivity contribution in [2.45, 2.75) is 39.2 Å². The third-order valence-electron chi connectivity index (χ3n) is 2.82. The van der Waals surface area contributed by atoms with E-state index in [9.17, 15) is 9.59 Å². The third kappa shape index (κ3) is 6.26. The molecular formula is C12H24N2O3. The fraction of sp³-hybridized carbons (Fsp3) is 0.833. The summed E-state index contributed by atoms with van der Waals surface area (Å²) in [7, 11) is 3.18. The number of methoxy groups -OCH3 is 1. The summed E-state index contributed by atoms with van der Waals surface area (Å²) in [6.45, 7) is 4.70. The lowest BCUT2D eigenvalue weighted by Crippen LogP contribution is -2.45. The second kappa shape index (κ2) is 8.98. The molecule has 5 heteroatoms. The second-order valence-corrected chi connectivity index (χ2v) is 4.16. The summed E-state index contributed by atoms with van der Waals surface area (Å²) in [5, 5.41) is 5.71. The van der Waals surface area contributed by atoms with E-state index in [-0.39, 0.29) is 17.8 Å². The molecule has 0 aromatic heterocycles. The first kappa shape index (κ1) is 15.9. The van der Waals surface area contributed by atoms with Crippen LogP contribution >= 0.6 is 0 Å². The number of amides is 1. The lowest BCUT2D eigenvalue weighted by atomic mass is 9.99. The Labute approximate surface area is 103 Å². The van der Waals surface area contributed by atoms with E-state index in [2.05, 4.69) is 10.6 Å². The molecule has 0 spiro atoms. The molecule has 0 rings (SSSR count). The van der Waals surface area contributed by atoms with Gasteiger partial charge >= 0.3 is 5.97 Å². The maximum Gasteiger partial charge on any atom is 0.328 e. The second-order valence-electron chi connectivity index (χ2n) is 4.16. The molecule has 1 amide bonds. The molecule has 0 aromatic rings. The van der Waals surface area contributed by atoms with E-state index in [1.807, 2.05) is 20.9 Å². The van der Waals surface area contributed by atoms with Crippen molar-refractivity contribution in [2.24, 2.45) is 5.92 Å². The normalized spacial score (nSPS) is 13.9. The van der Waals surface area contributed by atoms with E-state index in [4.69, 9.17) is 4.74 Å². The molecule has 5 nitrogen and oxygen atoms in total. The van der Waals surface area contributed by atoms with Crippen molar-refractivity contribution in [3.8, 4) is 0 Å². The predicted molar refractivity (Wildman–Crippen MR) is 66.6 cm³/mol. The van der Waals surface area contributed by atoms with E-state index in [1.165, 1.54) is 7.11 Å². The van der Waals surface area contributed by atoms with E-state index in [0.29, 0.717) is 6.42 Å². The van der Waals surface area contributed by atoms with Gasteiger partial charge in [-0.3, -0.25) is 4.79 Å². The van der Waals surface area contributed by atoms with Crippen LogP contribution in [0.1, 0.15) is 33.1 Å². The van der Waals surface area contributed by atoms with Gasteiger partial charge in [0.25, 0.3) is 0 Å². The highest BCUT2D eigenvalue weighted by molar-refractivity contribution is 5.84. The predicted octanol–water partition coefficient (Wildman–Crippen LogP) is 0.690. The fourth-order valence-corrected chi connectivity index (χ4v) is 1.47. The molecule has 17 heavy (non-hydrogen) atoms. The smallest absolute Gasteiger partial charge is 0.328 e. The molecule has 100 valence electrons. The lowest BCUT2D eigenvalue weighted by molar-refractivity contribution is -0.146. The first-order chi connectivity index (χ1) is 8.06. The monoisotopic (exact) mass is 244 g/mol. The zero-order valence-corrected chi connectivity index (χ0v) is 11.2. The van der Waals surface area contributed by atoms with Gasteiger partial charge in [-0.2, -0.15) is 0 Å². The molecule has 0 radical (unpaired) electrons. The molecule has 0 aromatic carbocycles. The summed E-state index contributed by atoms with van der Waals surface area (Å²) in [4.78, 5) is 23.2. The molecule has 2 atom stereocenters. The standard InChI is InChI=1S/C12H24N2O3/c1-5-9(2)11(12(16)17-4)14-10(15)7-6-8-13-3/h9,11,13H,5-8H2,1-4H3,(H,14,15)/t9-,11-/m0/s1. The molecule has 0 fully saturated rings. The van der Waals surface area contributed by atoms with Crippen LogP contribution in [0.3, 0.4) is 0 Å². The summed E-state index contributed by atoms with van der Waals surface area (Å²) in [5.41, 5.74) is 0. The van der Waals surface area contributed by atoms with Crippen molar-refractivity contribution < 1.29 is 14.3 Å². The van der Waals surface area contributed by atoms with Gasteiger partial charge in [0.15, 0.2) is 0 Å². The van der Waals surface area contributed by atoms with Crippen LogP contribution in [0.15, 0.2) is 0 Å². The van der Waals surface area contributed by atoms with Crippen LogP contribution in [0.5, 0.6) is 0 Å². The van der Waals surface area contributed by atoms with Gasteiger partial charge in [-0.1, -0.05) is 20.3 Å². The van der Waals surface area contributed by atoms with Crippen molar-refractivity contribution in [2.75, 3.05) is 20.7 Å². The zero-order valence-electron chi connectivity index (χ0n) is 11.2.